The van der Waals surface area contributed by atoms with Crippen molar-refractivity contribution in [3.8, 4) is 11.5 Å². The summed E-state index contributed by atoms with van der Waals surface area (Å²) in [7, 11) is 1.41. The first kappa shape index (κ1) is 21.5. The van der Waals surface area contributed by atoms with Crippen LogP contribution in [0.5, 0.6) is 11.5 Å². The predicted octanol–water partition coefficient (Wildman–Crippen LogP) is 3.77. The third kappa shape index (κ3) is 5.87. The van der Waals surface area contributed by atoms with Crippen LogP contribution in [-0.2, 0) is 14.3 Å². The Kier molecular flexibility index (Phi) is 7.66. The highest BCUT2D eigenvalue weighted by atomic mass is 35.5. The first-order chi connectivity index (χ1) is 13.3. The molecule has 2 rings (SSSR count). The number of ketones is 1. The molecular formula is C19H17Cl2NO6. The van der Waals surface area contributed by atoms with Crippen LogP contribution in [0.4, 0.5) is 5.69 Å². The van der Waals surface area contributed by atoms with E-state index in [1.807, 2.05) is 0 Å². The molecular weight excluding hydrogens is 409 g/mol. The number of Topliss-reactive ketones (excluding diaryl/α,β-unsaturated/α-hetero) is 1. The molecule has 1 N–H and O–H groups in total. The van der Waals surface area contributed by atoms with Gasteiger partial charge < -0.3 is 19.5 Å². The highest BCUT2D eigenvalue weighted by Crippen LogP contribution is 2.29. The van der Waals surface area contributed by atoms with Crippen molar-refractivity contribution >= 4 is 46.5 Å². The summed E-state index contributed by atoms with van der Waals surface area (Å²) in [5, 5.41) is 2.96. The highest BCUT2D eigenvalue weighted by Gasteiger charge is 2.13. The van der Waals surface area contributed by atoms with Crippen LogP contribution in [0.3, 0.4) is 0 Å². The normalized spacial score (nSPS) is 10.1. The van der Waals surface area contributed by atoms with Crippen LogP contribution < -0.4 is 14.8 Å². The standard InChI is InChI=1S/C19H17Cl2NO6/c1-11(23)12-6-7-15(16(8-12)26-2)27-10-18(25)28-9-17(24)22-14-5-3-4-13(20)19(14)21/h3-8H,9-10H2,1-2H3,(H,22,24). The van der Waals surface area contributed by atoms with Crippen molar-refractivity contribution in [2.45, 2.75) is 6.92 Å². The number of ether oxygens (including phenoxy) is 3. The number of hydrogen-bond acceptors (Lipinski definition) is 6. The van der Waals surface area contributed by atoms with E-state index in [1.165, 1.54) is 26.2 Å². The van der Waals surface area contributed by atoms with E-state index in [-0.39, 0.29) is 21.6 Å². The fraction of sp³-hybridized carbons (Fsp3) is 0.211. The van der Waals surface area contributed by atoms with Crippen molar-refractivity contribution in [3.05, 3.63) is 52.0 Å². The highest BCUT2D eigenvalue weighted by molar-refractivity contribution is 6.44. The molecule has 0 radical (unpaired) electrons. The molecule has 0 saturated heterocycles. The Hall–Kier alpha value is -2.77. The molecule has 0 aliphatic carbocycles. The third-order valence-corrected chi connectivity index (χ3v) is 4.32. The average Bonchev–Trinajstić information content (AvgIpc) is 2.68. The number of esters is 1. The van der Waals surface area contributed by atoms with E-state index < -0.39 is 25.1 Å². The van der Waals surface area contributed by atoms with E-state index in [1.54, 1.807) is 24.3 Å². The van der Waals surface area contributed by atoms with Gasteiger partial charge in [0.1, 0.15) is 0 Å². The molecule has 0 atom stereocenters. The van der Waals surface area contributed by atoms with Crippen molar-refractivity contribution in [1.82, 2.24) is 0 Å². The zero-order valence-corrected chi connectivity index (χ0v) is 16.6. The summed E-state index contributed by atoms with van der Waals surface area (Å²) < 4.78 is 15.3. The Balaban J connectivity index is 1.85. The van der Waals surface area contributed by atoms with Gasteiger partial charge >= 0.3 is 5.97 Å². The molecule has 2 aromatic rings. The maximum absolute atomic E-state index is 11.9. The summed E-state index contributed by atoms with van der Waals surface area (Å²) in [6.45, 7) is 0.459. The molecule has 0 unspecified atom stereocenters. The van der Waals surface area contributed by atoms with Gasteiger partial charge in [0.25, 0.3) is 5.91 Å². The number of methoxy groups -OCH3 is 1. The number of hydrogen-bond donors (Lipinski definition) is 1. The van der Waals surface area contributed by atoms with Crippen LogP contribution >= 0.6 is 23.2 Å². The van der Waals surface area contributed by atoms with Gasteiger partial charge in [-0.25, -0.2) is 4.79 Å². The van der Waals surface area contributed by atoms with E-state index in [0.717, 1.165) is 0 Å². The number of carbonyl (C=O) groups is 3. The van der Waals surface area contributed by atoms with Gasteiger partial charge in [-0.05, 0) is 37.3 Å². The zero-order valence-electron chi connectivity index (χ0n) is 15.1. The number of carbonyl (C=O) groups excluding carboxylic acids is 3. The van der Waals surface area contributed by atoms with E-state index in [0.29, 0.717) is 17.0 Å². The molecule has 0 bridgehead atoms. The van der Waals surface area contributed by atoms with Crippen molar-refractivity contribution in [1.29, 1.82) is 0 Å². The molecule has 0 heterocycles. The van der Waals surface area contributed by atoms with E-state index in [9.17, 15) is 14.4 Å². The lowest BCUT2D eigenvalue weighted by atomic mass is 10.1. The summed E-state index contributed by atoms with van der Waals surface area (Å²) >= 11 is 11.8. The summed E-state index contributed by atoms with van der Waals surface area (Å²) in [5.41, 5.74) is 0.755. The quantitative estimate of drug-likeness (QED) is 0.511. The lowest BCUT2D eigenvalue weighted by Crippen LogP contribution is -2.23. The third-order valence-electron chi connectivity index (χ3n) is 3.51. The minimum atomic E-state index is -0.759. The van der Waals surface area contributed by atoms with Gasteiger partial charge in [-0.3, -0.25) is 9.59 Å². The molecule has 0 aromatic heterocycles. The SMILES string of the molecule is COc1cc(C(C)=O)ccc1OCC(=O)OCC(=O)Nc1cccc(Cl)c1Cl. The van der Waals surface area contributed by atoms with E-state index in [2.05, 4.69) is 5.32 Å². The monoisotopic (exact) mass is 425 g/mol. The lowest BCUT2D eigenvalue weighted by molar-refractivity contribution is -0.149. The van der Waals surface area contributed by atoms with Crippen LogP contribution in [0.1, 0.15) is 17.3 Å². The van der Waals surface area contributed by atoms with Crippen LogP contribution in [0.2, 0.25) is 10.0 Å². The Labute approximate surface area is 171 Å². The van der Waals surface area contributed by atoms with Crippen molar-refractivity contribution < 1.29 is 28.6 Å². The molecule has 0 aliphatic rings. The fourth-order valence-electron chi connectivity index (χ4n) is 2.12. The number of benzene rings is 2. The number of rotatable bonds is 8. The molecule has 0 fully saturated rings. The largest absolute Gasteiger partial charge is 0.493 e. The van der Waals surface area contributed by atoms with Gasteiger partial charge in [-0.15, -0.1) is 0 Å². The summed E-state index contributed by atoms with van der Waals surface area (Å²) in [6, 6.07) is 9.33. The smallest absolute Gasteiger partial charge is 0.344 e. The molecule has 2 aromatic carbocycles. The van der Waals surface area contributed by atoms with Gasteiger partial charge in [0.15, 0.2) is 30.5 Å². The van der Waals surface area contributed by atoms with Crippen LogP contribution in [0.15, 0.2) is 36.4 Å². The van der Waals surface area contributed by atoms with Crippen molar-refractivity contribution in [3.63, 3.8) is 0 Å². The van der Waals surface area contributed by atoms with Crippen molar-refractivity contribution in [2.24, 2.45) is 0 Å². The Morgan fingerprint density at radius 2 is 1.79 bits per heavy atom. The number of nitrogens with one attached hydrogen (secondary N) is 1. The van der Waals surface area contributed by atoms with Gasteiger partial charge in [-0.1, -0.05) is 29.3 Å². The zero-order chi connectivity index (χ0) is 20.7. The average molecular weight is 426 g/mol. The Bertz CT molecular complexity index is 900. The lowest BCUT2D eigenvalue weighted by Gasteiger charge is -2.12. The summed E-state index contributed by atoms with van der Waals surface area (Å²) in [4.78, 5) is 35.1. The Morgan fingerprint density at radius 1 is 1.04 bits per heavy atom. The molecule has 0 spiro atoms. The minimum absolute atomic E-state index is 0.130. The molecule has 0 aliphatic heterocycles. The van der Waals surface area contributed by atoms with Gasteiger partial charge in [0, 0.05) is 5.56 Å². The number of anilines is 1. The Morgan fingerprint density at radius 3 is 2.46 bits per heavy atom. The second-order valence-electron chi connectivity index (χ2n) is 5.52. The molecule has 148 valence electrons. The van der Waals surface area contributed by atoms with Gasteiger partial charge in [-0.2, -0.15) is 0 Å². The van der Waals surface area contributed by atoms with Crippen LogP contribution in [0.25, 0.3) is 0 Å². The molecule has 28 heavy (non-hydrogen) atoms. The maximum Gasteiger partial charge on any atom is 0.344 e. The summed E-state index contributed by atoms with van der Waals surface area (Å²) in [5.74, 6) is -0.908. The maximum atomic E-state index is 11.9. The van der Waals surface area contributed by atoms with Crippen LogP contribution in [0, 0.1) is 0 Å². The first-order valence-electron chi connectivity index (χ1n) is 8.03. The fourth-order valence-corrected chi connectivity index (χ4v) is 2.46. The second kappa shape index (κ2) is 9.96. The molecule has 0 saturated carbocycles. The molecule has 7 nitrogen and oxygen atoms in total. The summed E-state index contributed by atoms with van der Waals surface area (Å²) in [6.07, 6.45) is 0. The van der Waals surface area contributed by atoms with Crippen molar-refractivity contribution in [2.75, 3.05) is 25.6 Å². The topological polar surface area (TPSA) is 90.9 Å². The predicted molar refractivity (Wildman–Crippen MR) is 105 cm³/mol. The number of halogens is 2. The first-order valence-corrected chi connectivity index (χ1v) is 8.78. The molecule has 9 heteroatoms. The van der Waals surface area contributed by atoms with E-state index in [4.69, 9.17) is 37.4 Å². The second-order valence-corrected chi connectivity index (χ2v) is 6.31. The number of amides is 1. The molecule has 1 amide bonds. The van der Waals surface area contributed by atoms with Gasteiger partial charge in [0.05, 0.1) is 22.8 Å². The van der Waals surface area contributed by atoms with Gasteiger partial charge in [0.2, 0.25) is 0 Å². The van der Waals surface area contributed by atoms with Crippen LogP contribution in [-0.4, -0.2) is 38.0 Å². The minimum Gasteiger partial charge on any atom is -0.493 e. The van der Waals surface area contributed by atoms with E-state index >= 15 is 0 Å².